The Morgan fingerprint density at radius 2 is 2.40 bits per heavy atom. The summed E-state index contributed by atoms with van der Waals surface area (Å²) in [6.07, 6.45) is 1.38. The second-order valence-electron chi connectivity index (χ2n) is 3.32. The molecule has 2 nitrogen and oxygen atoms in total. The first-order valence-corrected chi connectivity index (χ1v) is 6.60. The molecule has 1 aromatic heterocycles. The Bertz CT molecular complexity index is 287. The average molecular weight is 246 g/mol. The number of nitrogens with zero attached hydrogens (tertiary/aromatic N) is 1. The van der Waals surface area contributed by atoms with E-state index < -0.39 is 0 Å². The van der Waals surface area contributed by atoms with Crippen molar-refractivity contribution in [1.29, 1.82) is 0 Å². The number of hydrogen-bond donors (Lipinski definition) is 0. The molecule has 0 spiro atoms. The van der Waals surface area contributed by atoms with Crippen molar-refractivity contribution in [3.8, 4) is 0 Å². The third-order valence-corrected chi connectivity index (χ3v) is 3.23. The smallest absolute Gasteiger partial charge is 0.227 e. The zero-order chi connectivity index (χ0) is 11.1. The van der Waals surface area contributed by atoms with Gasteiger partial charge in [-0.2, -0.15) is 11.3 Å². The van der Waals surface area contributed by atoms with Crippen LogP contribution < -0.4 is 0 Å². The molecule has 0 N–H and O–H groups in total. The topological polar surface area (TPSA) is 20.3 Å². The number of carbonyl (C=O) groups excluding carboxylic acids is 1. The summed E-state index contributed by atoms with van der Waals surface area (Å²) in [6.45, 7) is 3.53. The molecule has 1 heterocycles. The molecule has 1 aromatic rings. The van der Waals surface area contributed by atoms with Crippen molar-refractivity contribution in [1.82, 2.24) is 4.90 Å². The maximum absolute atomic E-state index is 11.8. The number of amides is 1. The van der Waals surface area contributed by atoms with E-state index in [1.54, 1.807) is 11.3 Å². The molecular weight excluding hydrogens is 230 g/mol. The summed E-state index contributed by atoms with van der Waals surface area (Å²) in [7, 11) is 0. The highest BCUT2D eigenvalue weighted by molar-refractivity contribution is 7.07. The molecule has 0 bridgehead atoms. The predicted octanol–water partition coefficient (Wildman–Crippen LogP) is 2.77. The molecule has 15 heavy (non-hydrogen) atoms. The molecule has 0 aliphatic carbocycles. The van der Waals surface area contributed by atoms with Crippen molar-refractivity contribution in [2.45, 2.75) is 19.8 Å². The van der Waals surface area contributed by atoms with Gasteiger partial charge in [0.2, 0.25) is 5.91 Å². The number of hydrogen-bond acceptors (Lipinski definition) is 2. The Morgan fingerprint density at radius 3 is 2.93 bits per heavy atom. The van der Waals surface area contributed by atoms with Crippen molar-refractivity contribution < 1.29 is 4.79 Å². The van der Waals surface area contributed by atoms with Crippen LogP contribution in [0.15, 0.2) is 16.8 Å². The third-order valence-electron chi connectivity index (χ3n) is 2.23. The molecule has 1 rings (SSSR count). The highest BCUT2D eigenvalue weighted by Gasteiger charge is 2.11. The molecule has 1 amide bonds. The fourth-order valence-electron chi connectivity index (χ4n) is 1.39. The van der Waals surface area contributed by atoms with Crippen LogP contribution in [0.25, 0.3) is 0 Å². The van der Waals surface area contributed by atoms with Crippen LogP contribution in [0.2, 0.25) is 0 Å². The Balaban J connectivity index is 2.43. The first-order valence-electron chi connectivity index (χ1n) is 5.12. The summed E-state index contributed by atoms with van der Waals surface area (Å²) < 4.78 is 0. The van der Waals surface area contributed by atoms with E-state index in [9.17, 15) is 4.79 Å². The lowest BCUT2D eigenvalue weighted by Crippen LogP contribution is -2.33. The minimum atomic E-state index is 0.195. The van der Waals surface area contributed by atoms with Crippen molar-refractivity contribution >= 4 is 28.8 Å². The number of alkyl halides is 1. The highest BCUT2D eigenvalue weighted by Crippen LogP contribution is 2.08. The SMILES string of the molecule is CCN(CCCCl)C(=O)Cc1ccsc1. The quantitative estimate of drug-likeness (QED) is 0.706. The zero-order valence-electron chi connectivity index (χ0n) is 8.91. The van der Waals surface area contributed by atoms with Gasteiger partial charge < -0.3 is 4.90 Å². The lowest BCUT2D eigenvalue weighted by molar-refractivity contribution is -0.130. The predicted molar refractivity (Wildman–Crippen MR) is 65.6 cm³/mol. The van der Waals surface area contributed by atoms with E-state index in [4.69, 9.17) is 11.6 Å². The highest BCUT2D eigenvalue weighted by atomic mass is 35.5. The molecular formula is C11H16ClNOS. The van der Waals surface area contributed by atoms with Crippen molar-refractivity contribution in [3.05, 3.63) is 22.4 Å². The zero-order valence-corrected chi connectivity index (χ0v) is 10.5. The van der Waals surface area contributed by atoms with E-state index in [-0.39, 0.29) is 5.91 Å². The molecule has 0 aromatic carbocycles. The standard InChI is InChI=1S/C11H16ClNOS/c1-2-13(6-3-5-12)11(14)8-10-4-7-15-9-10/h4,7,9H,2-3,5-6,8H2,1H3. The molecule has 0 aliphatic rings. The largest absolute Gasteiger partial charge is 0.343 e. The van der Waals surface area contributed by atoms with Gasteiger partial charge >= 0.3 is 0 Å². The Labute approximate surface area is 99.9 Å². The van der Waals surface area contributed by atoms with Crippen LogP contribution in [0.4, 0.5) is 0 Å². The summed E-state index contributed by atoms with van der Waals surface area (Å²) in [5.41, 5.74) is 1.11. The van der Waals surface area contributed by atoms with Gasteiger partial charge in [0.05, 0.1) is 6.42 Å². The summed E-state index contributed by atoms with van der Waals surface area (Å²) in [5.74, 6) is 0.809. The van der Waals surface area contributed by atoms with Gasteiger partial charge in [0.15, 0.2) is 0 Å². The summed E-state index contributed by atoms with van der Waals surface area (Å²) in [5, 5.41) is 4.02. The first kappa shape index (κ1) is 12.5. The van der Waals surface area contributed by atoms with Gasteiger partial charge in [0.25, 0.3) is 0 Å². The van der Waals surface area contributed by atoms with E-state index in [1.807, 2.05) is 28.7 Å². The molecule has 0 radical (unpaired) electrons. The molecule has 0 saturated heterocycles. The van der Waals surface area contributed by atoms with Crippen LogP contribution in [0.3, 0.4) is 0 Å². The maximum Gasteiger partial charge on any atom is 0.227 e. The van der Waals surface area contributed by atoms with Crippen molar-refractivity contribution in [3.63, 3.8) is 0 Å². The van der Waals surface area contributed by atoms with E-state index in [1.165, 1.54) is 0 Å². The number of thiophene rings is 1. The van der Waals surface area contributed by atoms with Gasteiger partial charge in [-0.3, -0.25) is 4.79 Å². The lowest BCUT2D eigenvalue weighted by Gasteiger charge is -2.20. The number of rotatable bonds is 6. The van der Waals surface area contributed by atoms with E-state index in [2.05, 4.69) is 0 Å². The van der Waals surface area contributed by atoms with Gasteiger partial charge in [-0.05, 0) is 35.7 Å². The van der Waals surface area contributed by atoms with Crippen LogP contribution in [-0.2, 0) is 11.2 Å². The van der Waals surface area contributed by atoms with Crippen LogP contribution in [0.1, 0.15) is 18.9 Å². The minimum Gasteiger partial charge on any atom is -0.343 e. The molecule has 0 saturated carbocycles. The molecule has 84 valence electrons. The maximum atomic E-state index is 11.8. The average Bonchev–Trinajstić information content (AvgIpc) is 2.71. The third kappa shape index (κ3) is 4.22. The second kappa shape index (κ2) is 6.85. The Hall–Kier alpha value is -0.540. The summed E-state index contributed by atoms with van der Waals surface area (Å²) in [4.78, 5) is 13.7. The van der Waals surface area contributed by atoms with Crippen LogP contribution in [0.5, 0.6) is 0 Å². The molecule has 4 heteroatoms. The molecule has 0 atom stereocenters. The van der Waals surface area contributed by atoms with Gasteiger partial charge in [0, 0.05) is 19.0 Å². The molecule has 0 unspecified atom stereocenters. The molecule has 0 aliphatic heterocycles. The number of likely N-dealkylation sites (N-methyl/N-ethyl adjacent to an activating group) is 1. The van der Waals surface area contributed by atoms with Gasteiger partial charge in [0.1, 0.15) is 0 Å². The summed E-state index contributed by atoms with van der Waals surface area (Å²) >= 11 is 7.24. The van der Waals surface area contributed by atoms with Gasteiger partial charge in [-0.1, -0.05) is 0 Å². The van der Waals surface area contributed by atoms with Gasteiger partial charge in [-0.25, -0.2) is 0 Å². The molecule has 0 fully saturated rings. The number of carbonyl (C=O) groups is 1. The monoisotopic (exact) mass is 245 g/mol. The van der Waals surface area contributed by atoms with E-state index in [0.29, 0.717) is 12.3 Å². The van der Waals surface area contributed by atoms with Crippen LogP contribution in [-0.4, -0.2) is 29.8 Å². The fourth-order valence-corrected chi connectivity index (χ4v) is 2.18. The summed E-state index contributed by atoms with van der Waals surface area (Å²) in [6, 6.07) is 2.00. The van der Waals surface area contributed by atoms with Crippen LogP contribution in [0, 0.1) is 0 Å². The van der Waals surface area contributed by atoms with Gasteiger partial charge in [-0.15, -0.1) is 11.6 Å². The second-order valence-corrected chi connectivity index (χ2v) is 4.48. The van der Waals surface area contributed by atoms with Crippen molar-refractivity contribution in [2.75, 3.05) is 19.0 Å². The van der Waals surface area contributed by atoms with E-state index >= 15 is 0 Å². The fraction of sp³-hybridized carbons (Fsp3) is 0.545. The normalized spacial score (nSPS) is 10.3. The Kier molecular flexibility index (Phi) is 5.73. The number of halogens is 1. The minimum absolute atomic E-state index is 0.195. The van der Waals surface area contributed by atoms with E-state index in [0.717, 1.165) is 25.1 Å². The van der Waals surface area contributed by atoms with Crippen molar-refractivity contribution in [2.24, 2.45) is 0 Å². The Morgan fingerprint density at radius 1 is 1.60 bits per heavy atom. The first-order chi connectivity index (χ1) is 7.27. The van der Waals surface area contributed by atoms with Crippen LogP contribution >= 0.6 is 22.9 Å². The lowest BCUT2D eigenvalue weighted by atomic mass is 10.2.